The van der Waals surface area contributed by atoms with E-state index in [4.69, 9.17) is 9.47 Å². The molecule has 37 heavy (non-hydrogen) atoms. The van der Waals surface area contributed by atoms with Crippen LogP contribution in [0.1, 0.15) is 30.5 Å². The van der Waals surface area contributed by atoms with Crippen molar-refractivity contribution in [2.45, 2.75) is 38.6 Å². The fraction of sp³-hybridized carbons (Fsp3) is 0.346. The topological polar surface area (TPSA) is 72.0 Å². The van der Waals surface area contributed by atoms with Crippen molar-refractivity contribution in [3.05, 3.63) is 64.5 Å². The van der Waals surface area contributed by atoms with Crippen LogP contribution in [-0.4, -0.2) is 48.2 Å². The summed E-state index contributed by atoms with van der Waals surface area (Å²) in [4.78, 5) is 32.7. The van der Waals surface area contributed by atoms with E-state index in [1.807, 2.05) is 12.1 Å². The van der Waals surface area contributed by atoms with Gasteiger partial charge in [-0.2, -0.15) is 13.2 Å². The first-order valence-corrected chi connectivity index (χ1v) is 12.3. The molecular weight excluding hydrogens is 507 g/mol. The van der Waals surface area contributed by atoms with Crippen LogP contribution in [0.5, 0.6) is 5.75 Å². The van der Waals surface area contributed by atoms with E-state index in [1.165, 1.54) is 35.5 Å². The van der Waals surface area contributed by atoms with Crippen LogP contribution in [0.4, 0.5) is 23.1 Å². The third-order valence-corrected chi connectivity index (χ3v) is 7.00. The number of aromatic nitrogens is 1. The lowest BCUT2D eigenvalue weighted by Gasteiger charge is -2.32. The van der Waals surface area contributed by atoms with Crippen LogP contribution in [-0.2, 0) is 28.7 Å². The number of esters is 1. The molecule has 2 heterocycles. The van der Waals surface area contributed by atoms with Gasteiger partial charge in [0.05, 0.1) is 18.4 Å². The summed E-state index contributed by atoms with van der Waals surface area (Å²) in [6, 6.07) is 10.1. The van der Waals surface area contributed by atoms with Crippen molar-refractivity contribution in [3.8, 4) is 17.0 Å². The Morgan fingerprint density at radius 1 is 1.08 bits per heavy atom. The SMILES string of the molecule is COC(=O)C(C)(C)Oc1ccc2c(c1)CCN(C(=O)N(C)c1nc(-c3ccc(C(F)(F)F)cc3)cs1)C2. The van der Waals surface area contributed by atoms with Gasteiger partial charge in [-0.05, 0) is 55.7 Å². The van der Waals surface area contributed by atoms with Gasteiger partial charge < -0.3 is 14.4 Å². The molecule has 2 amide bonds. The summed E-state index contributed by atoms with van der Waals surface area (Å²) in [5.74, 6) is 0.0679. The van der Waals surface area contributed by atoms with Gasteiger partial charge in [0.15, 0.2) is 10.7 Å². The van der Waals surface area contributed by atoms with E-state index in [0.717, 1.165) is 23.3 Å². The first kappa shape index (κ1) is 26.5. The molecule has 3 aromatic rings. The van der Waals surface area contributed by atoms with Crippen LogP contribution < -0.4 is 9.64 Å². The van der Waals surface area contributed by atoms with Crippen molar-refractivity contribution < 1.29 is 32.2 Å². The number of ether oxygens (including phenoxy) is 2. The average molecular weight is 534 g/mol. The fourth-order valence-corrected chi connectivity index (χ4v) is 4.81. The molecule has 0 fully saturated rings. The highest BCUT2D eigenvalue weighted by Gasteiger charge is 2.32. The minimum absolute atomic E-state index is 0.230. The molecule has 0 radical (unpaired) electrons. The quantitative estimate of drug-likeness (QED) is 0.389. The predicted molar refractivity (Wildman–Crippen MR) is 134 cm³/mol. The lowest BCUT2D eigenvalue weighted by molar-refractivity contribution is -0.156. The molecule has 7 nitrogen and oxygen atoms in total. The number of urea groups is 1. The second-order valence-corrected chi connectivity index (χ2v) is 9.97. The molecule has 0 saturated heterocycles. The molecule has 0 N–H and O–H groups in total. The highest BCUT2D eigenvalue weighted by molar-refractivity contribution is 7.14. The molecule has 0 atom stereocenters. The van der Waals surface area contributed by atoms with Crippen molar-refractivity contribution in [3.63, 3.8) is 0 Å². The Balaban J connectivity index is 1.43. The van der Waals surface area contributed by atoms with Crippen LogP contribution in [0.25, 0.3) is 11.3 Å². The Labute approximate surface area is 216 Å². The number of thiazole rings is 1. The summed E-state index contributed by atoms with van der Waals surface area (Å²) in [6.45, 7) is 4.15. The number of hydrogen-bond acceptors (Lipinski definition) is 6. The summed E-state index contributed by atoms with van der Waals surface area (Å²) >= 11 is 1.24. The molecule has 0 bridgehead atoms. The highest BCUT2D eigenvalue weighted by Crippen LogP contribution is 2.33. The van der Waals surface area contributed by atoms with Gasteiger partial charge in [-0.25, -0.2) is 14.6 Å². The lowest BCUT2D eigenvalue weighted by atomic mass is 9.99. The summed E-state index contributed by atoms with van der Waals surface area (Å²) in [5, 5.41) is 2.16. The van der Waals surface area contributed by atoms with E-state index < -0.39 is 23.3 Å². The molecular formula is C26H26F3N3O4S. The zero-order valence-corrected chi connectivity index (χ0v) is 21.6. The monoisotopic (exact) mass is 533 g/mol. The number of anilines is 1. The molecule has 2 aromatic carbocycles. The van der Waals surface area contributed by atoms with Crippen molar-refractivity contribution in [1.82, 2.24) is 9.88 Å². The molecule has 196 valence electrons. The largest absolute Gasteiger partial charge is 0.476 e. The lowest BCUT2D eigenvalue weighted by Crippen LogP contribution is -2.43. The smallest absolute Gasteiger partial charge is 0.416 e. The van der Waals surface area contributed by atoms with E-state index in [2.05, 4.69) is 4.98 Å². The molecule has 1 aromatic heterocycles. The van der Waals surface area contributed by atoms with Crippen LogP contribution in [0.15, 0.2) is 47.8 Å². The number of carbonyl (C=O) groups excluding carboxylic acids is 2. The molecule has 4 rings (SSSR count). The summed E-state index contributed by atoms with van der Waals surface area (Å²) in [5.41, 5.74) is 1.19. The second kappa shape index (κ2) is 10.0. The van der Waals surface area contributed by atoms with Crippen LogP contribution in [0.2, 0.25) is 0 Å². The van der Waals surface area contributed by atoms with E-state index in [1.54, 1.807) is 37.2 Å². The summed E-state index contributed by atoms with van der Waals surface area (Å²) < 4.78 is 49.1. The first-order valence-electron chi connectivity index (χ1n) is 11.4. The Hall–Kier alpha value is -3.60. The third-order valence-electron chi connectivity index (χ3n) is 6.08. The maximum absolute atomic E-state index is 13.2. The highest BCUT2D eigenvalue weighted by atomic mass is 32.1. The molecule has 0 aliphatic carbocycles. The summed E-state index contributed by atoms with van der Waals surface area (Å²) in [6.07, 6.45) is -3.79. The van der Waals surface area contributed by atoms with E-state index in [0.29, 0.717) is 41.6 Å². The number of benzene rings is 2. The first-order chi connectivity index (χ1) is 17.4. The fourth-order valence-electron chi connectivity index (χ4n) is 4.01. The predicted octanol–water partition coefficient (Wildman–Crippen LogP) is 5.77. The van der Waals surface area contributed by atoms with Gasteiger partial charge in [0.2, 0.25) is 0 Å². The van der Waals surface area contributed by atoms with Crippen molar-refractivity contribution in [2.24, 2.45) is 0 Å². The van der Waals surface area contributed by atoms with Crippen LogP contribution in [0.3, 0.4) is 0 Å². The number of carbonyl (C=O) groups is 2. The van der Waals surface area contributed by atoms with Gasteiger partial charge in [0.25, 0.3) is 0 Å². The zero-order chi connectivity index (χ0) is 27.0. The van der Waals surface area contributed by atoms with Crippen LogP contribution in [0, 0.1) is 0 Å². The van der Waals surface area contributed by atoms with Gasteiger partial charge in [0.1, 0.15) is 5.75 Å². The maximum atomic E-state index is 13.2. The zero-order valence-electron chi connectivity index (χ0n) is 20.8. The third kappa shape index (κ3) is 5.71. The van der Waals surface area contributed by atoms with E-state index in [-0.39, 0.29) is 6.03 Å². The number of hydrogen-bond donors (Lipinski definition) is 0. The number of halogens is 3. The number of amides is 2. The van der Waals surface area contributed by atoms with Gasteiger partial charge in [-0.1, -0.05) is 18.2 Å². The normalized spacial score (nSPS) is 13.6. The molecule has 1 aliphatic rings. The van der Waals surface area contributed by atoms with Gasteiger partial charge in [0, 0.05) is 31.1 Å². The van der Waals surface area contributed by atoms with Crippen LogP contribution >= 0.6 is 11.3 Å². The van der Waals surface area contributed by atoms with Gasteiger partial charge in [-0.15, -0.1) is 11.3 Å². The van der Waals surface area contributed by atoms with E-state index >= 15 is 0 Å². The molecule has 0 spiro atoms. The van der Waals surface area contributed by atoms with Crippen molar-refractivity contribution in [1.29, 1.82) is 0 Å². The number of methoxy groups -OCH3 is 1. The van der Waals surface area contributed by atoms with Crippen molar-refractivity contribution in [2.75, 3.05) is 25.6 Å². The Morgan fingerprint density at radius 2 is 1.78 bits per heavy atom. The standard InChI is InChI=1S/C26H26F3N3O4S/c1-25(2,22(33)35-4)36-20-10-7-18-14-32(12-11-17(18)13-20)24(34)31(3)23-30-21(15-37-23)16-5-8-19(9-6-16)26(27,28)29/h5-10,13,15H,11-12,14H2,1-4H3. The second-order valence-electron chi connectivity index (χ2n) is 9.14. The minimum atomic E-state index is -4.40. The van der Waals surface area contributed by atoms with Gasteiger partial charge in [-0.3, -0.25) is 4.90 Å². The molecule has 1 aliphatic heterocycles. The van der Waals surface area contributed by atoms with Gasteiger partial charge >= 0.3 is 18.2 Å². The summed E-state index contributed by atoms with van der Waals surface area (Å²) in [7, 11) is 2.93. The van der Waals surface area contributed by atoms with Crippen molar-refractivity contribution >= 4 is 28.5 Å². The number of fused-ring (bicyclic) bond motifs is 1. The molecule has 11 heteroatoms. The molecule has 0 saturated carbocycles. The Morgan fingerprint density at radius 3 is 2.43 bits per heavy atom. The Bertz CT molecular complexity index is 1310. The number of alkyl halides is 3. The molecule has 0 unspecified atom stereocenters. The number of rotatable bonds is 5. The maximum Gasteiger partial charge on any atom is 0.416 e. The number of nitrogens with zero attached hydrogens (tertiary/aromatic N) is 3. The Kier molecular flexibility index (Phi) is 7.18. The average Bonchev–Trinajstić information content (AvgIpc) is 3.36. The minimum Gasteiger partial charge on any atom is -0.476 e. The van der Waals surface area contributed by atoms with E-state index in [9.17, 15) is 22.8 Å².